The first kappa shape index (κ1) is 23.8. The van der Waals surface area contributed by atoms with Crippen LogP contribution in [0.2, 0.25) is 10.0 Å². The predicted molar refractivity (Wildman–Crippen MR) is 123 cm³/mol. The van der Waals surface area contributed by atoms with E-state index in [1.807, 2.05) is 0 Å². The van der Waals surface area contributed by atoms with Crippen LogP contribution >= 0.6 is 35.0 Å². The fraction of sp³-hybridized carbons (Fsp3) is 0.476. The molecular weight excluding hydrogens is 429 g/mol. The van der Waals surface area contributed by atoms with Crippen LogP contribution < -0.4 is 5.32 Å². The molecule has 1 aliphatic heterocycles. The third kappa shape index (κ3) is 7.05. The zero-order valence-electron chi connectivity index (χ0n) is 17.0. The van der Waals surface area contributed by atoms with E-state index >= 15 is 0 Å². The number of unbranched alkanes of at least 4 members (excludes halogenated alkanes) is 1. The van der Waals surface area contributed by atoms with Gasteiger partial charge in [-0.3, -0.25) is 14.5 Å². The molecule has 158 valence electrons. The molecule has 8 heteroatoms. The molecule has 0 saturated carbocycles. The maximum Gasteiger partial charge on any atom is 0.278 e. The molecule has 2 rings (SSSR count). The molecule has 1 aliphatic rings. The number of nitrogens with one attached hydrogen (secondary N) is 1. The molecule has 0 aliphatic carbocycles. The molecule has 0 fully saturated rings. The van der Waals surface area contributed by atoms with Crippen molar-refractivity contribution in [3.05, 3.63) is 39.5 Å². The Hall–Kier alpha value is -1.50. The molecule has 1 aromatic carbocycles. The van der Waals surface area contributed by atoms with Gasteiger partial charge < -0.3 is 5.32 Å². The van der Waals surface area contributed by atoms with E-state index < -0.39 is 0 Å². The maximum atomic E-state index is 12.5. The molecule has 1 heterocycles. The highest BCUT2D eigenvalue weighted by atomic mass is 35.5. The highest BCUT2D eigenvalue weighted by Gasteiger charge is 2.28. The summed E-state index contributed by atoms with van der Waals surface area (Å²) in [6.45, 7) is 5.01. The molecule has 1 N–H and O–H groups in total. The molecule has 0 bridgehead atoms. The lowest BCUT2D eigenvalue weighted by atomic mass is 9.99. The molecular formula is C21H27Cl2N3O2S. The minimum Gasteiger partial charge on any atom is -0.355 e. The fourth-order valence-electron chi connectivity index (χ4n) is 2.86. The van der Waals surface area contributed by atoms with Crippen LogP contribution in [-0.4, -0.2) is 41.2 Å². The number of amides is 2. The van der Waals surface area contributed by atoms with E-state index in [9.17, 15) is 9.59 Å². The van der Waals surface area contributed by atoms with Gasteiger partial charge in [0.2, 0.25) is 5.91 Å². The zero-order chi connectivity index (χ0) is 21.4. The number of hydrogen-bond acceptors (Lipinski definition) is 4. The van der Waals surface area contributed by atoms with Gasteiger partial charge in [-0.15, -0.1) is 0 Å². The summed E-state index contributed by atoms with van der Waals surface area (Å²) in [6.07, 6.45) is 6.16. The van der Waals surface area contributed by atoms with Crippen molar-refractivity contribution in [3.63, 3.8) is 0 Å². The topological polar surface area (TPSA) is 61.8 Å². The summed E-state index contributed by atoms with van der Waals surface area (Å²) in [5, 5.41) is 4.47. The monoisotopic (exact) mass is 455 g/mol. The Morgan fingerprint density at radius 1 is 1.34 bits per heavy atom. The molecule has 5 nitrogen and oxygen atoms in total. The number of likely N-dealkylation sites (N-methyl/N-ethyl adjacent to an activating group) is 1. The van der Waals surface area contributed by atoms with Gasteiger partial charge in [0, 0.05) is 23.6 Å². The minimum absolute atomic E-state index is 0.0494. The van der Waals surface area contributed by atoms with Gasteiger partial charge in [0.1, 0.15) is 5.70 Å². The number of halogens is 2. The van der Waals surface area contributed by atoms with Crippen LogP contribution in [0.4, 0.5) is 0 Å². The number of rotatable bonds is 9. The number of nitrogens with zero attached hydrogens (tertiary/aromatic N) is 2. The van der Waals surface area contributed by atoms with Gasteiger partial charge in [0.15, 0.2) is 5.17 Å². The van der Waals surface area contributed by atoms with Gasteiger partial charge in [0.25, 0.3) is 5.91 Å². The lowest BCUT2D eigenvalue weighted by molar-refractivity contribution is -0.121. The Morgan fingerprint density at radius 3 is 2.76 bits per heavy atom. The first-order valence-corrected chi connectivity index (χ1v) is 11.5. The second kappa shape index (κ2) is 11.6. The summed E-state index contributed by atoms with van der Waals surface area (Å²) in [5.41, 5.74) is 0.948. The molecule has 0 radical (unpaired) electrons. The fourth-order valence-corrected chi connectivity index (χ4v) is 4.12. The molecule has 1 unspecified atom stereocenters. The van der Waals surface area contributed by atoms with E-state index in [0.717, 1.165) is 19.3 Å². The second-order valence-electron chi connectivity index (χ2n) is 6.96. The van der Waals surface area contributed by atoms with E-state index in [2.05, 4.69) is 24.2 Å². The van der Waals surface area contributed by atoms with Gasteiger partial charge in [-0.05, 0) is 36.1 Å². The number of aliphatic imine (C=N–C) groups is 1. The van der Waals surface area contributed by atoms with E-state index in [1.54, 1.807) is 31.3 Å². The quantitative estimate of drug-likeness (QED) is 0.518. The molecule has 29 heavy (non-hydrogen) atoms. The van der Waals surface area contributed by atoms with E-state index in [-0.39, 0.29) is 23.3 Å². The van der Waals surface area contributed by atoms with Gasteiger partial charge in [-0.1, -0.05) is 74.1 Å². The molecule has 1 aromatic rings. The summed E-state index contributed by atoms with van der Waals surface area (Å²) in [4.78, 5) is 30.5. The van der Waals surface area contributed by atoms with Crippen LogP contribution in [0.15, 0.2) is 28.9 Å². The van der Waals surface area contributed by atoms with Gasteiger partial charge in [0.05, 0.1) is 5.75 Å². The summed E-state index contributed by atoms with van der Waals surface area (Å²) in [7, 11) is 1.65. The maximum absolute atomic E-state index is 12.5. The highest BCUT2D eigenvalue weighted by molar-refractivity contribution is 8.14. The number of hydrogen-bond donors (Lipinski definition) is 1. The van der Waals surface area contributed by atoms with Crippen LogP contribution in [0.25, 0.3) is 6.08 Å². The zero-order valence-corrected chi connectivity index (χ0v) is 19.3. The second-order valence-corrected chi connectivity index (χ2v) is 8.75. The highest BCUT2D eigenvalue weighted by Crippen LogP contribution is 2.27. The van der Waals surface area contributed by atoms with Crippen molar-refractivity contribution in [1.82, 2.24) is 10.2 Å². The normalized spacial score (nSPS) is 16.3. The molecule has 1 atom stereocenters. The summed E-state index contributed by atoms with van der Waals surface area (Å²) >= 11 is 13.3. The van der Waals surface area contributed by atoms with E-state index in [0.29, 0.717) is 33.2 Å². The number of thioether (sulfide) groups is 1. The first-order valence-electron chi connectivity index (χ1n) is 9.78. The number of amidine groups is 1. The molecule has 0 aromatic heterocycles. The SMILES string of the molecule is CCCCC(CC)CNC(=O)CSC1=N/C(=C\c2ccc(Cl)cc2Cl)C(=O)N1C. The summed E-state index contributed by atoms with van der Waals surface area (Å²) < 4.78 is 0. The Morgan fingerprint density at radius 2 is 2.10 bits per heavy atom. The average Bonchev–Trinajstić information content (AvgIpc) is 2.96. The van der Waals surface area contributed by atoms with Crippen molar-refractivity contribution in [3.8, 4) is 0 Å². The van der Waals surface area contributed by atoms with Crippen LogP contribution in [0, 0.1) is 5.92 Å². The van der Waals surface area contributed by atoms with Crippen molar-refractivity contribution in [1.29, 1.82) is 0 Å². The lowest BCUT2D eigenvalue weighted by Gasteiger charge is -2.15. The number of benzene rings is 1. The molecule has 2 amide bonds. The minimum atomic E-state index is -0.232. The van der Waals surface area contributed by atoms with Gasteiger partial charge in [-0.25, -0.2) is 4.99 Å². The average molecular weight is 456 g/mol. The van der Waals surface area contributed by atoms with Crippen molar-refractivity contribution in [2.45, 2.75) is 39.5 Å². The number of carbonyl (C=O) groups excluding carboxylic acids is 2. The Bertz CT molecular complexity index is 811. The van der Waals surface area contributed by atoms with Crippen LogP contribution in [0.1, 0.15) is 45.1 Å². The van der Waals surface area contributed by atoms with Gasteiger partial charge >= 0.3 is 0 Å². The van der Waals surface area contributed by atoms with Crippen LogP contribution in [-0.2, 0) is 9.59 Å². The van der Waals surface area contributed by atoms with Crippen molar-refractivity contribution in [2.75, 3.05) is 19.3 Å². The largest absolute Gasteiger partial charge is 0.355 e. The van der Waals surface area contributed by atoms with E-state index in [4.69, 9.17) is 23.2 Å². The Labute approximate surface area is 186 Å². The van der Waals surface area contributed by atoms with E-state index in [1.165, 1.54) is 23.1 Å². The summed E-state index contributed by atoms with van der Waals surface area (Å²) in [6, 6.07) is 5.06. The number of carbonyl (C=O) groups is 2. The van der Waals surface area contributed by atoms with Crippen molar-refractivity contribution in [2.24, 2.45) is 10.9 Å². The van der Waals surface area contributed by atoms with Gasteiger partial charge in [-0.2, -0.15) is 0 Å². The van der Waals surface area contributed by atoms with Crippen LogP contribution in [0.5, 0.6) is 0 Å². The molecule has 0 saturated heterocycles. The predicted octanol–water partition coefficient (Wildman–Crippen LogP) is 5.23. The smallest absolute Gasteiger partial charge is 0.278 e. The van der Waals surface area contributed by atoms with Crippen LogP contribution in [0.3, 0.4) is 0 Å². The Kier molecular flexibility index (Phi) is 9.53. The lowest BCUT2D eigenvalue weighted by Crippen LogP contribution is -2.32. The molecule has 0 spiro atoms. The van der Waals surface area contributed by atoms with Crippen molar-refractivity contribution < 1.29 is 9.59 Å². The first-order chi connectivity index (χ1) is 13.8. The third-order valence-corrected chi connectivity index (χ3v) is 6.34. The summed E-state index contributed by atoms with van der Waals surface area (Å²) in [5.74, 6) is 0.446. The Balaban J connectivity index is 1.94. The standard InChI is InChI=1S/C21H27Cl2N3O2S/c1-4-6-7-14(5-2)12-24-19(27)13-29-21-25-18(20(28)26(21)3)10-15-8-9-16(22)11-17(15)23/h8-11,14H,4-7,12-13H2,1-3H3,(H,24,27)/b18-10-. The van der Waals surface area contributed by atoms with Crippen molar-refractivity contribution >= 4 is 58.0 Å². The third-order valence-electron chi connectivity index (χ3n) is 4.75.